The first kappa shape index (κ1) is 24.9. The quantitative estimate of drug-likeness (QED) is 0.127. The van der Waals surface area contributed by atoms with Gasteiger partial charge in [-0.15, -0.1) is 0 Å². The number of ketones is 1. The Hall–Kier alpha value is -2.33. The lowest BCUT2D eigenvalue weighted by Crippen LogP contribution is -2.25. The number of alkyl halides is 3. The van der Waals surface area contributed by atoms with Gasteiger partial charge in [-0.1, -0.05) is 61.3 Å². The molecule has 168 valence electrons. The summed E-state index contributed by atoms with van der Waals surface area (Å²) in [6, 6.07) is 16.0. The summed E-state index contributed by atoms with van der Waals surface area (Å²) in [6.45, 7) is 1.98. The zero-order valence-electron chi connectivity index (χ0n) is 16.8. The van der Waals surface area contributed by atoms with Gasteiger partial charge in [0.2, 0.25) is 5.78 Å². The second-order valence-corrected chi connectivity index (χ2v) is 9.26. The van der Waals surface area contributed by atoms with Crippen molar-refractivity contribution in [2.24, 2.45) is 5.16 Å². The molecular weight excluding hydrogens is 451 g/mol. The van der Waals surface area contributed by atoms with Gasteiger partial charge in [0.05, 0.1) is 0 Å². The lowest BCUT2D eigenvalue weighted by molar-refractivity contribution is -0.0541. The van der Waals surface area contributed by atoms with Crippen molar-refractivity contribution in [3.8, 4) is 0 Å². The van der Waals surface area contributed by atoms with Crippen LogP contribution in [0, 0.1) is 0 Å². The smallest absolute Gasteiger partial charge is 0.287 e. The van der Waals surface area contributed by atoms with Crippen molar-refractivity contribution in [3.63, 3.8) is 0 Å². The molecule has 0 aliphatic heterocycles. The molecule has 0 atom stereocenters. The molecule has 0 fully saturated rings. The van der Waals surface area contributed by atoms with Gasteiger partial charge in [-0.25, -0.2) is 0 Å². The van der Waals surface area contributed by atoms with E-state index in [4.69, 9.17) is 0 Å². The zero-order chi connectivity index (χ0) is 22.9. The molecule has 0 saturated carbocycles. The fourth-order valence-electron chi connectivity index (χ4n) is 2.52. The van der Waals surface area contributed by atoms with Crippen molar-refractivity contribution >= 4 is 33.4 Å². The second-order valence-electron chi connectivity index (χ2n) is 6.59. The Labute approximate surface area is 183 Å². The zero-order valence-corrected chi connectivity index (χ0v) is 18.4. The maximum absolute atomic E-state index is 12.8. The first-order valence-electron chi connectivity index (χ1n) is 9.58. The van der Waals surface area contributed by atoms with E-state index in [9.17, 15) is 26.4 Å². The molecule has 0 spiro atoms. The molecule has 0 bridgehead atoms. The molecule has 2 rings (SSSR count). The van der Waals surface area contributed by atoms with Gasteiger partial charge >= 0.3 is 15.6 Å². The molecule has 0 aromatic heterocycles. The summed E-state index contributed by atoms with van der Waals surface area (Å²) in [7, 11) is -5.93. The average molecular weight is 474 g/mol. The third kappa shape index (κ3) is 7.70. The van der Waals surface area contributed by atoms with Crippen molar-refractivity contribution in [1.29, 1.82) is 0 Å². The van der Waals surface area contributed by atoms with Gasteiger partial charge in [0.15, 0.2) is 0 Å². The van der Waals surface area contributed by atoms with Crippen molar-refractivity contribution < 1.29 is 30.7 Å². The van der Waals surface area contributed by atoms with Crippen LogP contribution < -0.4 is 0 Å². The Bertz CT molecular complexity index is 990. The van der Waals surface area contributed by atoms with E-state index in [1.54, 1.807) is 12.1 Å². The van der Waals surface area contributed by atoms with E-state index in [1.807, 2.05) is 37.3 Å². The molecule has 0 aliphatic rings. The summed E-state index contributed by atoms with van der Waals surface area (Å²) in [6.07, 6.45) is 2.98. The summed E-state index contributed by atoms with van der Waals surface area (Å²) < 4.78 is 63.6. The number of halogens is 3. The highest BCUT2D eigenvalue weighted by molar-refractivity contribution is 7.99. The van der Waals surface area contributed by atoms with Crippen molar-refractivity contribution in [2.75, 3.05) is 0 Å². The SMILES string of the molecule is CCCCCCC(=NOS(=O)(=O)C(F)(F)F)C(=O)c1ccc(Sc2ccccc2)cc1. The number of unbranched alkanes of at least 4 members (excludes halogenated alkanes) is 3. The van der Waals surface area contributed by atoms with Crippen LogP contribution in [-0.2, 0) is 14.4 Å². The molecule has 2 aromatic carbocycles. The van der Waals surface area contributed by atoms with Crippen LogP contribution in [0.25, 0.3) is 0 Å². The fraction of sp³-hybridized carbons (Fsp3) is 0.333. The van der Waals surface area contributed by atoms with Crippen LogP contribution in [0.2, 0.25) is 0 Å². The largest absolute Gasteiger partial charge is 0.536 e. The van der Waals surface area contributed by atoms with E-state index in [2.05, 4.69) is 9.44 Å². The van der Waals surface area contributed by atoms with Crippen LogP contribution in [0.3, 0.4) is 0 Å². The monoisotopic (exact) mass is 473 g/mol. The Kier molecular flexibility index (Phi) is 9.12. The topological polar surface area (TPSA) is 72.8 Å². The molecule has 10 heteroatoms. The average Bonchev–Trinajstić information content (AvgIpc) is 2.73. The van der Waals surface area contributed by atoms with Crippen molar-refractivity contribution in [1.82, 2.24) is 0 Å². The second kappa shape index (κ2) is 11.3. The molecule has 0 aliphatic carbocycles. The number of oxime groups is 1. The van der Waals surface area contributed by atoms with Crippen LogP contribution >= 0.6 is 11.8 Å². The molecule has 0 N–H and O–H groups in total. The summed E-state index contributed by atoms with van der Waals surface area (Å²) in [5.74, 6) is -0.676. The molecule has 0 unspecified atom stereocenters. The highest BCUT2D eigenvalue weighted by atomic mass is 32.2. The first-order chi connectivity index (χ1) is 14.6. The summed E-state index contributed by atoms with van der Waals surface area (Å²) in [5.41, 5.74) is -5.81. The minimum absolute atomic E-state index is 0.00667. The predicted octanol–water partition coefficient (Wildman–Crippen LogP) is 6.21. The molecule has 0 radical (unpaired) electrons. The number of hydrogen-bond acceptors (Lipinski definition) is 6. The predicted molar refractivity (Wildman–Crippen MR) is 114 cm³/mol. The number of benzene rings is 2. The van der Waals surface area contributed by atoms with E-state index in [0.717, 1.165) is 29.1 Å². The van der Waals surface area contributed by atoms with Gasteiger partial charge in [-0.3, -0.25) is 9.08 Å². The van der Waals surface area contributed by atoms with Crippen molar-refractivity contribution in [2.45, 2.75) is 54.3 Å². The standard InChI is InChI=1S/C21H22F3NO4S2/c1-2-3-4-8-11-19(25-29-31(27,28)21(22,23)24)20(26)16-12-14-18(15-13-16)30-17-9-6-5-7-10-17/h5-7,9-10,12-15H,2-4,8,11H2,1H3. The van der Waals surface area contributed by atoms with Gasteiger partial charge in [-0.2, -0.15) is 21.6 Å². The van der Waals surface area contributed by atoms with Crippen molar-refractivity contribution in [3.05, 3.63) is 60.2 Å². The Morgan fingerprint density at radius 1 is 0.968 bits per heavy atom. The van der Waals surface area contributed by atoms with Crippen LogP contribution in [0.5, 0.6) is 0 Å². The highest BCUT2D eigenvalue weighted by Gasteiger charge is 2.49. The van der Waals surface area contributed by atoms with Gasteiger partial charge in [0.1, 0.15) is 5.71 Å². The number of nitrogens with zero attached hydrogens (tertiary/aromatic N) is 1. The van der Waals surface area contributed by atoms with E-state index < -0.39 is 21.4 Å². The van der Waals surface area contributed by atoms with Gasteiger partial charge < -0.3 is 0 Å². The molecule has 2 aromatic rings. The van der Waals surface area contributed by atoms with Crippen LogP contribution in [0.1, 0.15) is 49.4 Å². The molecule has 0 heterocycles. The number of Topliss-reactive ketones (excluding diaryl/α,β-unsaturated/α-hetero) is 1. The Morgan fingerprint density at radius 3 is 2.16 bits per heavy atom. The number of rotatable bonds is 11. The lowest BCUT2D eigenvalue weighted by Gasteiger charge is -2.09. The Balaban J connectivity index is 2.18. The third-order valence-electron chi connectivity index (χ3n) is 4.15. The van der Waals surface area contributed by atoms with Crippen LogP contribution in [0.15, 0.2) is 69.5 Å². The van der Waals surface area contributed by atoms with Gasteiger partial charge in [-0.05, 0) is 49.2 Å². The summed E-state index contributed by atoms with van der Waals surface area (Å²) >= 11 is 1.48. The molecule has 0 saturated heterocycles. The normalized spacial score (nSPS) is 12.6. The minimum Gasteiger partial charge on any atom is -0.287 e. The molecule has 5 nitrogen and oxygen atoms in total. The van der Waals surface area contributed by atoms with Gasteiger partial charge in [0, 0.05) is 15.4 Å². The van der Waals surface area contributed by atoms with Crippen LogP contribution in [0.4, 0.5) is 13.2 Å². The minimum atomic E-state index is -5.93. The van der Waals surface area contributed by atoms with E-state index in [-0.39, 0.29) is 17.7 Å². The highest BCUT2D eigenvalue weighted by Crippen LogP contribution is 2.28. The molecule has 31 heavy (non-hydrogen) atoms. The third-order valence-corrected chi connectivity index (χ3v) is 6.01. The maximum Gasteiger partial charge on any atom is 0.536 e. The lowest BCUT2D eigenvalue weighted by atomic mass is 10.0. The number of carbonyl (C=O) groups is 1. The summed E-state index contributed by atoms with van der Waals surface area (Å²) in [4.78, 5) is 14.6. The van der Waals surface area contributed by atoms with E-state index in [0.29, 0.717) is 6.42 Å². The molecule has 0 amide bonds. The fourth-order valence-corrected chi connectivity index (χ4v) is 3.63. The van der Waals surface area contributed by atoms with E-state index >= 15 is 0 Å². The first-order valence-corrected chi connectivity index (χ1v) is 11.8. The van der Waals surface area contributed by atoms with Crippen LogP contribution in [-0.4, -0.2) is 25.4 Å². The Morgan fingerprint density at radius 2 is 1.58 bits per heavy atom. The summed E-state index contributed by atoms with van der Waals surface area (Å²) in [5, 5.41) is 3.08. The van der Waals surface area contributed by atoms with Gasteiger partial charge in [0.25, 0.3) is 0 Å². The van der Waals surface area contributed by atoms with E-state index in [1.165, 1.54) is 23.9 Å². The number of hydrogen-bond donors (Lipinski definition) is 0. The maximum atomic E-state index is 12.8. The number of carbonyl (C=O) groups excluding carboxylic acids is 1. The molecular formula is C21H22F3NO4S2.